The number of nitrogens with zero attached hydrogens (tertiary/aromatic N) is 23. The van der Waals surface area contributed by atoms with Gasteiger partial charge in [-0.05, 0) is 198 Å². The van der Waals surface area contributed by atoms with Crippen LogP contribution in [0.5, 0.6) is 0 Å². The van der Waals surface area contributed by atoms with Gasteiger partial charge in [0.1, 0.15) is 59.1 Å². The van der Waals surface area contributed by atoms with E-state index in [1.54, 1.807) is 58.0 Å². The van der Waals surface area contributed by atoms with Crippen molar-refractivity contribution < 1.29 is 39.5 Å². The number of aromatic nitrogens is 23. The second-order valence-electron chi connectivity index (χ2n) is 30.7. The van der Waals surface area contributed by atoms with Crippen LogP contribution < -0.4 is 28.7 Å². The Hall–Kier alpha value is -16.9. The molecule has 0 aliphatic heterocycles. The monoisotopic (exact) mass is 1770 g/mol. The molecule has 5 aromatic carbocycles. The van der Waals surface area contributed by atoms with Crippen LogP contribution in [0.15, 0.2) is 238 Å². The van der Waals surface area contributed by atoms with Gasteiger partial charge in [-0.25, -0.2) is 58.0 Å². The van der Waals surface area contributed by atoms with Crippen LogP contribution in [0.25, 0.3) is 140 Å². The van der Waals surface area contributed by atoms with E-state index in [4.69, 9.17) is 33.7 Å². The molecule has 1 aliphatic rings. The zero-order valence-corrected chi connectivity index (χ0v) is 70.6. The van der Waals surface area contributed by atoms with Crippen LogP contribution >= 0.6 is 0 Å². The maximum atomic E-state index is 14.5. The minimum Gasteiger partial charge on any atom is -0.369 e. The first kappa shape index (κ1) is 86.2. The summed E-state index contributed by atoms with van der Waals surface area (Å²) >= 11 is 0. The third-order valence-corrected chi connectivity index (χ3v) is 21.1. The van der Waals surface area contributed by atoms with Crippen molar-refractivity contribution in [2.45, 2.75) is 79.6 Å². The van der Waals surface area contributed by atoms with E-state index in [-0.39, 0.29) is 79.6 Å². The quantitative estimate of drug-likeness (QED) is 0.0751. The average Bonchev–Trinajstić information content (AvgIpc) is 1.74. The lowest BCUT2D eigenvalue weighted by Crippen LogP contribution is -2.10. The Kier molecular flexibility index (Phi) is 23.1. The molecule has 15 aromatic heterocycles. The molecule has 15 heterocycles. The number of rotatable bonds is 11. The van der Waals surface area contributed by atoms with Crippen molar-refractivity contribution in [3.8, 4) is 112 Å². The first-order valence-corrected chi connectivity index (χ1v) is 40.5. The molecule has 28 nitrogen and oxygen atoms in total. The SMILES string of the molecule is Cc1cc(-c2c(-c3ccc(F)cc3)nc(N)n3ccnc23)cc(C)n1.Cc1cc(-c2c(-c3cccc(F)c3)nc(N)n3cnnc23)cc(C(F)(F)F)n1.Cc1cc(-c2c(-c3ccccc3)nc(N)n3ccnc23)cc(C)n1.Cc1cc(-c2c(-c3ccccc3)nc(N)n3cnnc23)cc(C2CC2)n1.Cc1cc(-c2c(-c3ccccc3F)nc(N)n3cnnc23)cc(C(F)(F)F)n1. The molecule has 654 valence electrons. The Morgan fingerprint density at radius 3 is 1.04 bits per heavy atom. The van der Waals surface area contributed by atoms with Gasteiger partial charge in [0.05, 0.1) is 56.3 Å². The summed E-state index contributed by atoms with van der Waals surface area (Å²) in [6, 6.07) is 54.7. The molecule has 0 amide bonds. The molecule has 37 heteroatoms. The largest absolute Gasteiger partial charge is 0.433 e. The number of halogens is 9. The van der Waals surface area contributed by atoms with Gasteiger partial charge < -0.3 is 28.7 Å². The van der Waals surface area contributed by atoms with Crippen molar-refractivity contribution >= 4 is 58.0 Å². The van der Waals surface area contributed by atoms with Gasteiger partial charge in [-0.15, -0.1) is 30.6 Å². The fraction of sp³-hybridized carbons (Fsp3) is 0.128. The number of anilines is 5. The minimum absolute atomic E-state index is 0.0184. The Labute approximate surface area is 738 Å². The fourth-order valence-electron chi connectivity index (χ4n) is 15.5. The van der Waals surface area contributed by atoms with Crippen LogP contribution in [0.2, 0.25) is 0 Å². The number of nitrogens with two attached hydrogens (primary N) is 5. The van der Waals surface area contributed by atoms with Crippen molar-refractivity contribution in [2.24, 2.45) is 0 Å². The van der Waals surface area contributed by atoms with E-state index in [0.717, 1.165) is 113 Å². The van der Waals surface area contributed by atoms with Gasteiger partial charge in [0.15, 0.2) is 16.9 Å². The third-order valence-electron chi connectivity index (χ3n) is 21.1. The number of hydrogen-bond donors (Lipinski definition) is 5. The van der Waals surface area contributed by atoms with Gasteiger partial charge in [0.2, 0.25) is 29.7 Å². The molecule has 0 radical (unpaired) electrons. The molecule has 0 atom stereocenters. The standard InChI is InChI=1S/C20H18N6.C19H16FN5.C19H17N5.2C18H12F4N6/c1-12-9-15(10-16(23-12)13-7-8-13)17-18(14-5-3-2-4-6-14)24-20(21)26-11-22-25-19(17)26;1-11-9-14(10-12(2)23-11)16-17(13-3-5-15(20)6-4-13)24-19(21)25-8-7-22-18(16)25;1-12-10-15(11-13(2)22-12)16-17(14-6-4-3-5-7-14)23-19(20)24-9-8-21-18(16)24;1-9-5-11(7-13(25-9)18(20,21)22)14-15(10-3-2-4-12(19)6-10)26-17(23)28-8-24-27-16(14)28;1-9-6-10(7-13(25-9)18(20,21)22)14-15(11-4-2-3-5-12(11)19)26-17(23)28-8-24-27-16(14)28/h2-6,9-11,13H,7-8H2,1H3,(H2,21,24);3-10H,1-2H3,(H2,21,24);3-11H,1-2H3,(H2,20,23);2*2-8H,1H3,(H2,23,26). The van der Waals surface area contributed by atoms with Crippen LogP contribution in [0, 0.1) is 65.9 Å². The van der Waals surface area contributed by atoms with Gasteiger partial charge in [-0.2, -0.15) is 26.3 Å². The van der Waals surface area contributed by atoms with Crippen LogP contribution in [0.4, 0.5) is 69.3 Å². The molecule has 0 bridgehead atoms. The summed E-state index contributed by atoms with van der Waals surface area (Å²) in [5, 5.41) is 23.9. The molecule has 1 fully saturated rings. The first-order chi connectivity index (χ1) is 62.8. The van der Waals surface area contributed by atoms with Crippen LogP contribution in [-0.2, 0) is 12.4 Å². The van der Waals surface area contributed by atoms with E-state index >= 15 is 0 Å². The van der Waals surface area contributed by atoms with Crippen molar-refractivity contribution in [3.05, 3.63) is 312 Å². The number of imidazole rings is 2. The van der Waals surface area contributed by atoms with Crippen molar-refractivity contribution in [3.63, 3.8) is 0 Å². The summed E-state index contributed by atoms with van der Waals surface area (Å²) in [4.78, 5) is 52.1. The van der Waals surface area contributed by atoms with E-state index in [1.807, 2.05) is 118 Å². The molecule has 1 aliphatic carbocycles. The van der Waals surface area contributed by atoms with Gasteiger partial charge in [-0.1, -0.05) is 84.9 Å². The highest BCUT2D eigenvalue weighted by Gasteiger charge is 2.36. The number of nitrogen functional groups attached to an aromatic ring is 5. The zero-order valence-electron chi connectivity index (χ0n) is 70.6. The summed E-state index contributed by atoms with van der Waals surface area (Å²) in [5.74, 6) is 0.286. The smallest absolute Gasteiger partial charge is 0.369 e. The van der Waals surface area contributed by atoms with Gasteiger partial charge >= 0.3 is 12.4 Å². The summed E-state index contributed by atoms with van der Waals surface area (Å²) in [6.45, 7) is 12.8. The van der Waals surface area contributed by atoms with Gasteiger partial charge in [0.25, 0.3) is 0 Å². The van der Waals surface area contributed by atoms with Gasteiger partial charge in [-0.3, -0.25) is 37.0 Å². The highest BCUT2D eigenvalue weighted by atomic mass is 19.4. The Morgan fingerprint density at radius 2 is 0.634 bits per heavy atom. The van der Waals surface area contributed by atoms with Crippen LogP contribution in [-0.4, -0.2) is 112 Å². The molecule has 21 rings (SSSR count). The van der Waals surface area contributed by atoms with Crippen LogP contribution in [0.1, 0.15) is 75.7 Å². The molecule has 20 aromatic rings. The molecular weight excluding hydrogens is 1690 g/mol. The Morgan fingerprint density at radius 1 is 0.298 bits per heavy atom. The maximum absolute atomic E-state index is 14.5. The molecular formula is C94H75F9N28. The second kappa shape index (κ2) is 35.1. The van der Waals surface area contributed by atoms with Crippen molar-refractivity contribution in [1.82, 2.24) is 112 Å². The number of aryl methyl sites for hydroxylation is 7. The minimum atomic E-state index is -4.65. The predicted molar refractivity (Wildman–Crippen MR) is 479 cm³/mol. The van der Waals surface area contributed by atoms with Crippen LogP contribution in [0.3, 0.4) is 0 Å². The maximum Gasteiger partial charge on any atom is 0.433 e. The molecule has 0 unspecified atom stereocenters. The second-order valence-corrected chi connectivity index (χ2v) is 30.7. The van der Waals surface area contributed by atoms with E-state index in [2.05, 4.69) is 110 Å². The topological polar surface area (TPSA) is 384 Å². The highest BCUT2D eigenvalue weighted by molar-refractivity contribution is 5.96. The summed E-state index contributed by atoms with van der Waals surface area (Å²) in [5.41, 5.74) is 49.2. The van der Waals surface area contributed by atoms with E-state index < -0.39 is 35.4 Å². The Balaban J connectivity index is 0.000000115. The molecule has 10 N–H and O–H groups in total. The lowest BCUT2D eigenvalue weighted by molar-refractivity contribution is -0.142. The van der Waals surface area contributed by atoms with E-state index in [0.29, 0.717) is 46.3 Å². The first-order valence-electron chi connectivity index (χ1n) is 40.5. The van der Waals surface area contributed by atoms with E-state index in [1.165, 1.54) is 109 Å². The average molecular weight is 1770 g/mol. The zero-order chi connectivity index (χ0) is 92.0. The molecule has 1 saturated carbocycles. The molecule has 0 saturated heterocycles. The predicted octanol–water partition coefficient (Wildman–Crippen LogP) is 18.9. The van der Waals surface area contributed by atoms with Crippen molar-refractivity contribution in [2.75, 3.05) is 28.7 Å². The molecule has 131 heavy (non-hydrogen) atoms. The third kappa shape index (κ3) is 17.9. The lowest BCUT2D eigenvalue weighted by Gasteiger charge is -2.15. The number of hydrogen-bond acceptors (Lipinski definition) is 23. The number of fused-ring (bicyclic) bond motifs is 5. The number of alkyl halides is 6. The van der Waals surface area contributed by atoms with Crippen molar-refractivity contribution in [1.29, 1.82) is 0 Å². The Bertz CT molecular complexity index is 7700. The molecule has 0 spiro atoms. The fourth-order valence-corrected chi connectivity index (χ4v) is 15.5. The summed E-state index contributed by atoms with van der Waals surface area (Å²) in [7, 11) is 0. The number of benzene rings is 5. The summed E-state index contributed by atoms with van der Waals surface area (Å²) in [6.07, 6.45) is 4.36. The number of pyridine rings is 5. The van der Waals surface area contributed by atoms with E-state index in [9.17, 15) is 39.5 Å². The highest BCUT2D eigenvalue weighted by Crippen LogP contribution is 2.46. The van der Waals surface area contributed by atoms with Gasteiger partial charge in [0, 0.05) is 104 Å². The summed E-state index contributed by atoms with van der Waals surface area (Å²) < 4.78 is 129. The normalized spacial score (nSPS) is 12.0. The lowest BCUT2D eigenvalue weighted by atomic mass is 9.99.